The molecule has 0 aliphatic carbocycles. The van der Waals surface area contributed by atoms with Crippen LogP contribution in [0.5, 0.6) is 0 Å². The second-order valence-electron chi connectivity index (χ2n) is 4.40. The lowest BCUT2D eigenvalue weighted by molar-refractivity contribution is 0.0697. The van der Waals surface area contributed by atoms with E-state index in [-0.39, 0.29) is 0 Å². The molecule has 0 radical (unpaired) electrons. The third-order valence-corrected chi connectivity index (χ3v) is 3.16. The zero-order valence-corrected chi connectivity index (χ0v) is 10.3. The summed E-state index contributed by atoms with van der Waals surface area (Å²) in [5, 5.41) is 13.3. The Kier molecular flexibility index (Phi) is 3.33. The number of carboxylic acid groups (broad SMARTS) is 1. The Morgan fingerprint density at radius 1 is 1.53 bits per heavy atom. The molecule has 1 aliphatic heterocycles. The van der Waals surface area contributed by atoms with Crippen molar-refractivity contribution in [3.63, 3.8) is 0 Å². The predicted octanol–water partition coefficient (Wildman–Crippen LogP) is 2.00. The van der Waals surface area contributed by atoms with Crippen molar-refractivity contribution in [1.29, 1.82) is 0 Å². The molecule has 0 unspecified atom stereocenters. The molecule has 0 spiro atoms. The monoisotopic (exact) mass is 234 g/mol. The normalized spacial score (nSPS) is 14.2. The summed E-state index contributed by atoms with van der Waals surface area (Å²) >= 11 is 0. The summed E-state index contributed by atoms with van der Waals surface area (Å²) in [6, 6.07) is 5.39. The summed E-state index contributed by atoms with van der Waals surface area (Å²) in [4.78, 5) is 11.0. The zero-order valence-electron chi connectivity index (χ0n) is 10.3. The van der Waals surface area contributed by atoms with Gasteiger partial charge in [-0.2, -0.15) is 0 Å². The first-order chi connectivity index (χ1) is 8.13. The molecule has 1 aromatic rings. The van der Waals surface area contributed by atoms with E-state index in [0.717, 1.165) is 31.6 Å². The van der Waals surface area contributed by atoms with Crippen molar-refractivity contribution in [1.82, 2.24) is 5.01 Å². The van der Waals surface area contributed by atoms with Crippen LogP contribution in [-0.2, 0) is 6.42 Å². The molecule has 1 aromatic carbocycles. The second-order valence-corrected chi connectivity index (χ2v) is 4.40. The fraction of sp³-hybridized carbons (Fsp3) is 0.462. The van der Waals surface area contributed by atoms with Gasteiger partial charge in [0.15, 0.2) is 0 Å². The van der Waals surface area contributed by atoms with E-state index in [1.165, 1.54) is 5.56 Å². The lowest BCUT2D eigenvalue weighted by Crippen LogP contribution is -2.39. The van der Waals surface area contributed by atoms with Crippen LogP contribution >= 0.6 is 0 Å². The number of rotatable bonds is 4. The van der Waals surface area contributed by atoms with Crippen molar-refractivity contribution >= 4 is 11.7 Å². The summed E-state index contributed by atoms with van der Waals surface area (Å²) in [7, 11) is 2.05. The molecule has 0 fully saturated rings. The summed E-state index contributed by atoms with van der Waals surface area (Å²) in [6.07, 6.45) is 2.07. The molecule has 0 saturated carbocycles. The van der Waals surface area contributed by atoms with Crippen LogP contribution < -0.4 is 5.01 Å². The third kappa shape index (κ3) is 2.26. The highest BCUT2D eigenvalue weighted by molar-refractivity contribution is 5.89. The van der Waals surface area contributed by atoms with Crippen molar-refractivity contribution in [3.05, 3.63) is 29.3 Å². The molecule has 1 N–H and O–H groups in total. The zero-order chi connectivity index (χ0) is 12.4. The van der Waals surface area contributed by atoms with Crippen LogP contribution in [0, 0.1) is 0 Å². The van der Waals surface area contributed by atoms with Crippen molar-refractivity contribution in [3.8, 4) is 0 Å². The van der Waals surface area contributed by atoms with Crippen LogP contribution in [0.2, 0.25) is 0 Å². The van der Waals surface area contributed by atoms with Crippen molar-refractivity contribution in [2.75, 3.05) is 25.1 Å². The Balaban J connectivity index is 2.29. The minimum absolute atomic E-state index is 0.362. The Labute approximate surface area is 101 Å². The molecule has 0 atom stereocenters. The van der Waals surface area contributed by atoms with E-state index >= 15 is 0 Å². The van der Waals surface area contributed by atoms with Gasteiger partial charge in [-0.15, -0.1) is 0 Å². The molecule has 1 heterocycles. The summed E-state index contributed by atoms with van der Waals surface area (Å²) in [5.74, 6) is -0.863. The number of anilines is 1. The molecule has 92 valence electrons. The molecule has 2 rings (SSSR count). The molecule has 0 aromatic heterocycles. The third-order valence-electron chi connectivity index (χ3n) is 3.16. The summed E-state index contributed by atoms with van der Waals surface area (Å²) < 4.78 is 0. The quantitative estimate of drug-likeness (QED) is 0.865. The first-order valence-electron chi connectivity index (χ1n) is 5.98. The van der Waals surface area contributed by atoms with Crippen LogP contribution in [0.3, 0.4) is 0 Å². The van der Waals surface area contributed by atoms with Gasteiger partial charge in [0.25, 0.3) is 0 Å². The van der Waals surface area contributed by atoms with E-state index in [4.69, 9.17) is 5.11 Å². The van der Waals surface area contributed by atoms with E-state index in [2.05, 4.69) is 16.9 Å². The van der Waals surface area contributed by atoms with E-state index in [9.17, 15) is 4.79 Å². The van der Waals surface area contributed by atoms with Gasteiger partial charge in [-0.1, -0.05) is 13.0 Å². The minimum Gasteiger partial charge on any atom is -0.478 e. The number of nitrogens with zero attached hydrogens (tertiary/aromatic N) is 2. The number of fused-ring (bicyclic) bond motifs is 1. The Morgan fingerprint density at radius 2 is 2.29 bits per heavy atom. The maximum absolute atomic E-state index is 11.0. The lowest BCUT2D eigenvalue weighted by Gasteiger charge is -2.30. The molecule has 0 saturated heterocycles. The van der Waals surface area contributed by atoms with Gasteiger partial charge in [0.1, 0.15) is 0 Å². The van der Waals surface area contributed by atoms with Crippen LogP contribution in [-0.4, -0.2) is 36.2 Å². The smallest absolute Gasteiger partial charge is 0.335 e. The summed E-state index contributed by atoms with van der Waals surface area (Å²) in [6.45, 7) is 4.06. The molecular formula is C13H18N2O2. The van der Waals surface area contributed by atoms with Crippen molar-refractivity contribution in [2.45, 2.75) is 19.8 Å². The molecule has 4 nitrogen and oxygen atoms in total. The van der Waals surface area contributed by atoms with Crippen LogP contribution in [0.1, 0.15) is 29.3 Å². The number of carboxylic acids is 1. The highest BCUT2D eigenvalue weighted by Crippen LogP contribution is 2.29. The Bertz CT molecular complexity index is 431. The fourth-order valence-electron chi connectivity index (χ4n) is 2.29. The molecular weight excluding hydrogens is 216 g/mol. The highest BCUT2D eigenvalue weighted by atomic mass is 16.4. The van der Waals surface area contributed by atoms with E-state index in [1.54, 1.807) is 12.1 Å². The molecule has 4 heteroatoms. The SMILES string of the molecule is CCCN(C)N1CCc2ccc(C(=O)O)cc21. The van der Waals surface area contributed by atoms with Gasteiger partial charge < -0.3 is 10.1 Å². The number of aromatic carboxylic acids is 1. The summed E-state index contributed by atoms with van der Waals surface area (Å²) in [5.41, 5.74) is 2.64. The van der Waals surface area contributed by atoms with Crippen molar-refractivity contribution < 1.29 is 9.90 Å². The predicted molar refractivity (Wildman–Crippen MR) is 67.4 cm³/mol. The van der Waals surface area contributed by atoms with E-state index in [0.29, 0.717) is 5.56 Å². The van der Waals surface area contributed by atoms with Gasteiger partial charge in [-0.25, -0.2) is 9.80 Å². The molecule has 0 bridgehead atoms. The van der Waals surface area contributed by atoms with Crippen LogP contribution in [0.15, 0.2) is 18.2 Å². The number of hydrogen-bond acceptors (Lipinski definition) is 3. The van der Waals surface area contributed by atoms with E-state index < -0.39 is 5.97 Å². The number of benzene rings is 1. The van der Waals surface area contributed by atoms with Gasteiger partial charge in [-0.05, 0) is 30.5 Å². The number of carbonyl (C=O) groups is 1. The largest absolute Gasteiger partial charge is 0.478 e. The fourth-order valence-corrected chi connectivity index (χ4v) is 2.29. The maximum atomic E-state index is 11.0. The van der Waals surface area contributed by atoms with Crippen LogP contribution in [0.25, 0.3) is 0 Å². The first-order valence-corrected chi connectivity index (χ1v) is 5.98. The Morgan fingerprint density at radius 3 is 2.94 bits per heavy atom. The topological polar surface area (TPSA) is 43.8 Å². The van der Waals surface area contributed by atoms with Gasteiger partial charge in [0, 0.05) is 20.1 Å². The van der Waals surface area contributed by atoms with Crippen molar-refractivity contribution in [2.24, 2.45) is 0 Å². The number of hydrogen-bond donors (Lipinski definition) is 1. The first kappa shape index (κ1) is 11.9. The van der Waals surface area contributed by atoms with Gasteiger partial charge in [0.05, 0.1) is 11.3 Å². The molecule has 1 aliphatic rings. The van der Waals surface area contributed by atoms with E-state index in [1.807, 2.05) is 13.1 Å². The van der Waals surface area contributed by atoms with Crippen LogP contribution in [0.4, 0.5) is 5.69 Å². The average Bonchev–Trinajstić information content (AvgIpc) is 2.71. The maximum Gasteiger partial charge on any atom is 0.335 e. The molecule has 0 amide bonds. The van der Waals surface area contributed by atoms with Gasteiger partial charge in [0.2, 0.25) is 0 Å². The number of hydrazine groups is 1. The highest BCUT2D eigenvalue weighted by Gasteiger charge is 2.23. The molecule has 17 heavy (non-hydrogen) atoms. The average molecular weight is 234 g/mol. The lowest BCUT2D eigenvalue weighted by atomic mass is 10.1. The standard InChI is InChI=1S/C13H18N2O2/c1-3-7-14(2)15-8-6-10-4-5-11(13(16)17)9-12(10)15/h4-5,9H,3,6-8H2,1-2H3,(H,16,17). The minimum atomic E-state index is -0.863. The van der Waals surface area contributed by atoms with Gasteiger partial charge >= 0.3 is 5.97 Å². The second kappa shape index (κ2) is 4.75. The Hall–Kier alpha value is -1.55. The van der Waals surface area contributed by atoms with Gasteiger partial charge in [-0.3, -0.25) is 0 Å².